The van der Waals surface area contributed by atoms with Gasteiger partial charge in [0, 0.05) is 12.1 Å². The highest BCUT2D eigenvalue weighted by atomic mass is 19.1. The highest BCUT2D eigenvalue weighted by molar-refractivity contribution is 5.75. The van der Waals surface area contributed by atoms with Crippen molar-refractivity contribution in [3.63, 3.8) is 0 Å². The normalized spacial score (nSPS) is 33.9. The van der Waals surface area contributed by atoms with Gasteiger partial charge in [0.05, 0.1) is 0 Å². The Morgan fingerprint density at radius 3 is 2.64 bits per heavy atom. The van der Waals surface area contributed by atoms with E-state index in [-0.39, 0.29) is 18.0 Å². The molecule has 4 aliphatic carbocycles. The Labute approximate surface area is 149 Å². The third kappa shape index (κ3) is 4.45. The van der Waals surface area contributed by atoms with Crippen LogP contribution in [0.3, 0.4) is 0 Å². The van der Waals surface area contributed by atoms with Crippen LogP contribution in [-0.4, -0.2) is 35.4 Å². The van der Waals surface area contributed by atoms with Crippen molar-refractivity contribution in [2.45, 2.75) is 88.8 Å². The average Bonchev–Trinajstić information content (AvgIpc) is 2.51. The van der Waals surface area contributed by atoms with Crippen LogP contribution in [0.5, 0.6) is 0 Å². The fourth-order valence-corrected chi connectivity index (χ4v) is 5.71. The molecule has 4 rings (SSSR count). The average molecular weight is 354 g/mol. The number of carbonyl (C=O) groups excluding carboxylic acids is 1. The van der Waals surface area contributed by atoms with Gasteiger partial charge in [0.2, 0.25) is 0 Å². The lowest BCUT2D eigenvalue weighted by atomic mass is 9.43. The number of halogens is 1. The van der Waals surface area contributed by atoms with Gasteiger partial charge in [0.15, 0.2) is 6.17 Å². The van der Waals surface area contributed by atoms with Gasteiger partial charge in [-0.25, -0.2) is 14.0 Å². The van der Waals surface area contributed by atoms with E-state index in [1.165, 1.54) is 25.7 Å². The van der Waals surface area contributed by atoms with Crippen LogP contribution in [-0.2, 0) is 4.79 Å². The second-order valence-electron chi connectivity index (χ2n) is 8.69. The van der Waals surface area contributed by atoms with Gasteiger partial charge < -0.3 is 15.7 Å². The zero-order valence-corrected chi connectivity index (χ0v) is 15.0. The zero-order valence-electron chi connectivity index (χ0n) is 15.0. The first kappa shape index (κ1) is 18.5. The van der Waals surface area contributed by atoms with Crippen LogP contribution in [0.4, 0.5) is 9.18 Å². The molecule has 0 aromatic heterocycles. The monoisotopic (exact) mass is 354 g/mol. The second kappa shape index (κ2) is 7.50. The SMILES string of the molecule is O=C(NCCCCCCC(F)C(=O)O)NC12CC3CCCC(C3)(C1)C2. The van der Waals surface area contributed by atoms with E-state index >= 15 is 0 Å². The van der Waals surface area contributed by atoms with Crippen molar-refractivity contribution in [3.05, 3.63) is 0 Å². The smallest absolute Gasteiger partial charge is 0.338 e. The van der Waals surface area contributed by atoms with E-state index < -0.39 is 12.1 Å². The lowest BCUT2D eigenvalue weighted by Gasteiger charge is -2.65. The van der Waals surface area contributed by atoms with Crippen LogP contribution in [0, 0.1) is 11.3 Å². The summed E-state index contributed by atoms with van der Waals surface area (Å²) >= 11 is 0. The minimum Gasteiger partial charge on any atom is -0.479 e. The van der Waals surface area contributed by atoms with Gasteiger partial charge >= 0.3 is 12.0 Å². The summed E-state index contributed by atoms with van der Waals surface area (Å²) in [7, 11) is 0. The standard InChI is InChI=1S/C19H31FN2O3/c20-15(16(23)24)7-3-1-2-4-9-21-17(25)22-19-11-14-6-5-8-18(10-14,12-19)13-19/h14-15H,1-13H2,(H,23,24)(H2,21,22,25). The number of alkyl halides is 1. The molecule has 142 valence electrons. The molecule has 2 unspecified atom stereocenters. The van der Waals surface area contributed by atoms with E-state index in [0.717, 1.165) is 44.4 Å². The summed E-state index contributed by atoms with van der Waals surface area (Å²) < 4.78 is 12.9. The van der Waals surface area contributed by atoms with E-state index in [0.29, 0.717) is 18.4 Å². The molecule has 2 atom stereocenters. The Morgan fingerprint density at radius 2 is 1.92 bits per heavy atom. The lowest BCUT2D eigenvalue weighted by Crippen LogP contribution is -2.68. The van der Waals surface area contributed by atoms with Crippen molar-refractivity contribution in [1.29, 1.82) is 0 Å². The predicted octanol–water partition coefficient (Wildman–Crippen LogP) is 3.77. The van der Waals surface area contributed by atoms with E-state index in [1.54, 1.807) is 0 Å². The molecule has 0 saturated heterocycles. The van der Waals surface area contributed by atoms with Crippen molar-refractivity contribution in [2.24, 2.45) is 11.3 Å². The number of nitrogens with one attached hydrogen (secondary N) is 2. The molecule has 4 fully saturated rings. The topological polar surface area (TPSA) is 78.4 Å². The fraction of sp³-hybridized carbons (Fsp3) is 0.895. The predicted molar refractivity (Wildman–Crippen MR) is 93.1 cm³/mol. The third-order valence-electron chi connectivity index (χ3n) is 6.46. The highest BCUT2D eigenvalue weighted by Gasteiger charge is 2.61. The maximum absolute atomic E-state index is 12.9. The third-order valence-corrected chi connectivity index (χ3v) is 6.46. The number of aliphatic carboxylic acids is 1. The maximum Gasteiger partial charge on any atom is 0.338 e. The molecule has 3 N–H and O–H groups in total. The molecule has 6 heteroatoms. The molecular formula is C19H31FN2O3. The van der Waals surface area contributed by atoms with Gasteiger partial charge in [-0.05, 0) is 62.7 Å². The molecule has 4 saturated carbocycles. The molecule has 3 bridgehead atoms. The van der Waals surface area contributed by atoms with E-state index in [9.17, 15) is 14.0 Å². The van der Waals surface area contributed by atoms with Gasteiger partial charge in [-0.2, -0.15) is 0 Å². The quantitative estimate of drug-likeness (QED) is 0.552. The van der Waals surface area contributed by atoms with Gasteiger partial charge in [0.1, 0.15) is 0 Å². The number of rotatable bonds is 9. The Morgan fingerprint density at radius 1 is 1.16 bits per heavy atom. The summed E-state index contributed by atoms with van der Waals surface area (Å²) in [6, 6.07) is -0.0514. The van der Waals surface area contributed by atoms with Crippen LogP contribution < -0.4 is 10.6 Å². The van der Waals surface area contributed by atoms with Crippen molar-refractivity contribution >= 4 is 12.0 Å². The Balaban J connectivity index is 1.25. The Kier molecular flexibility index (Phi) is 5.54. The second-order valence-corrected chi connectivity index (χ2v) is 8.69. The number of unbranched alkanes of at least 4 members (excludes halogenated alkanes) is 3. The zero-order chi connectivity index (χ0) is 17.9. The molecule has 2 amide bonds. The van der Waals surface area contributed by atoms with Crippen molar-refractivity contribution in [1.82, 2.24) is 10.6 Å². The van der Waals surface area contributed by atoms with Crippen LogP contribution in [0.15, 0.2) is 0 Å². The number of carboxylic acids is 1. The number of amides is 2. The molecule has 5 nitrogen and oxygen atoms in total. The van der Waals surface area contributed by atoms with Gasteiger partial charge in [-0.1, -0.05) is 25.7 Å². The van der Waals surface area contributed by atoms with E-state index in [1.807, 2.05) is 0 Å². The van der Waals surface area contributed by atoms with E-state index in [4.69, 9.17) is 5.11 Å². The first-order valence-electron chi connectivity index (χ1n) is 9.85. The summed E-state index contributed by atoms with van der Waals surface area (Å²) in [6.45, 7) is 0.620. The first-order chi connectivity index (χ1) is 11.9. The van der Waals surface area contributed by atoms with Crippen molar-refractivity contribution in [2.75, 3.05) is 6.54 Å². The molecule has 25 heavy (non-hydrogen) atoms. The Hall–Kier alpha value is -1.33. The maximum atomic E-state index is 12.9. The van der Waals surface area contributed by atoms with Crippen molar-refractivity contribution < 1.29 is 19.1 Å². The molecule has 0 aromatic rings. The molecule has 0 aromatic carbocycles. The molecule has 0 heterocycles. The van der Waals surface area contributed by atoms with Crippen molar-refractivity contribution in [3.8, 4) is 0 Å². The first-order valence-corrected chi connectivity index (χ1v) is 9.85. The van der Waals surface area contributed by atoms with Gasteiger partial charge in [-0.3, -0.25) is 0 Å². The van der Waals surface area contributed by atoms with Crippen LogP contribution in [0.1, 0.15) is 77.0 Å². The number of hydrogen-bond donors (Lipinski definition) is 3. The summed E-state index contributed by atoms with van der Waals surface area (Å²) in [5.41, 5.74) is 0.596. The minimum atomic E-state index is -1.75. The fourth-order valence-electron chi connectivity index (χ4n) is 5.71. The van der Waals surface area contributed by atoms with Crippen LogP contribution in [0.2, 0.25) is 0 Å². The number of urea groups is 1. The summed E-state index contributed by atoms with van der Waals surface area (Å²) in [5.74, 6) is -0.566. The largest absolute Gasteiger partial charge is 0.479 e. The summed E-state index contributed by atoms with van der Waals surface area (Å²) in [5, 5.41) is 14.7. The van der Waals surface area contributed by atoms with E-state index in [2.05, 4.69) is 10.6 Å². The summed E-state index contributed by atoms with van der Waals surface area (Å²) in [6.07, 6.45) is 10.3. The number of hydrogen-bond acceptors (Lipinski definition) is 2. The molecular weight excluding hydrogens is 323 g/mol. The Bertz CT molecular complexity index is 499. The molecule has 0 aliphatic heterocycles. The number of carboxylic acid groups (broad SMARTS) is 1. The molecule has 4 aliphatic rings. The lowest BCUT2D eigenvalue weighted by molar-refractivity contribution is -0.143. The molecule has 0 radical (unpaired) electrons. The van der Waals surface area contributed by atoms with Crippen LogP contribution >= 0.6 is 0 Å². The van der Waals surface area contributed by atoms with Gasteiger partial charge in [0.25, 0.3) is 0 Å². The van der Waals surface area contributed by atoms with Gasteiger partial charge in [-0.15, -0.1) is 0 Å². The molecule has 1 spiro atoms. The minimum absolute atomic E-state index is 0.0514. The van der Waals surface area contributed by atoms with Crippen LogP contribution in [0.25, 0.3) is 0 Å². The number of carbonyl (C=O) groups is 2. The highest BCUT2D eigenvalue weighted by Crippen LogP contribution is 2.65. The summed E-state index contributed by atoms with van der Waals surface area (Å²) in [4.78, 5) is 22.5.